The minimum absolute atomic E-state index is 0.154. The van der Waals surface area contributed by atoms with E-state index in [9.17, 15) is 0 Å². The third-order valence-corrected chi connectivity index (χ3v) is 11.4. The molecule has 4 unspecified atom stereocenters. The highest BCUT2D eigenvalue weighted by Crippen LogP contribution is 2.52. The number of hydrogen-bond donors (Lipinski definition) is 1. The van der Waals surface area contributed by atoms with E-state index in [0.717, 1.165) is 47.0 Å². The maximum atomic E-state index is 6.63. The number of hydroxylamine groups is 1. The van der Waals surface area contributed by atoms with Gasteiger partial charge in [0.1, 0.15) is 16.8 Å². The number of benzene rings is 4. The fourth-order valence-corrected chi connectivity index (χ4v) is 8.60. The molecule has 4 atom stereocenters. The van der Waals surface area contributed by atoms with Gasteiger partial charge in [-0.2, -0.15) is 5.48 Å². The Kier molecular flexibility index (Phi) is 5.53. The van der Waals surface area contributed by atoms with Gasteiger partial charge in [0.05, 0.1) is 17.0 Å². The van der Waals surface area contributed by atoms with Crippen molar-refractivity contribution in [2.45, 2.75) is 64.1 Å². The topological polar surface area (TPSA) is 42.6 Å². The summed E-state index contributed by atoms with van der Waals surface area (Å²) >= 11 is 0. The summed E-state index contributed by atoms with van der Waals surface area (Å²) in [5, 5.41) is 4.79. The molecule has 2 aromatic heterocycles. The third-order valence-electron chi connectivity index (χ3n) is 11.4. The normalized spacial score (nSPS) is 27.0. The van der Waals surface area contributed by atoms with Gasteiger partial charge in [0.2, 0.25) is 0 Å². The van der Waals surface area contributed by atoms with Gasteiger partial charge in [-0.1, -0.05) is 62.4 Å². The first-order chi connectivity index (χ1) is 21.4. The molecule has 5 nitrogen and oxygen atoms in total. The number of aromatic nitrogens is 1. The minimum atomic E-state index is -0.496. The predicted molar refractivity (Wildman–Crippen MR) is 179 cm³/mol. The van der Waals surface area contributed by atoms with Crippen LogP contribution in [0.5, 0.6) is 0 Å². The van der Waals surface area contributed by atoms with Crippen molar-refractivity contribution >= 4 is 43.7 Å². The standard InChI is InChI=1S/C39H39N3O2/c1-24(2)38(3)20-19-34-37-31(12-9-21-41(34)38)40-44-39(37,4)25-15-17-35-29(22-25)30-23-26(16-18-36(30)43-35)42-32-13-7-5-10-27(32)28-11-6-8-14-33(28)42/h5-8,10-11,13-19,22-24,31,37,40H,9,12,20-21H2,1-4H3. The van der Waals surface area contributed by atoms with Crippen molar-refractivity contribution in [3.05, 3.63) is 102 Å². The van der Waals surface area contributed by atoms with Gasteiger partial charge < -0.3 is 13.9 Å². The van der Waals surface area contributed by atoms with Gasteiger partial charge in [0.15, 0.2) is 0 Å². The highest BCUT2D eigenvalue weighted by Gasteiger charge is 2.55. The number of fused-ring (bicyclic) bond motifs is 9. The van der Waals surface area contributed by atoms with Crippen LogP contribution in [0.25, 0.3) is 49.4 Å². The number of para-hydroxylation sites is 2. The molecule has 5 heterocycles. The van der Waals surface area contributed by atoms with Crippen LogP contribution in [-0.4, -0.2) is 27.6 Å². The molecule has 0 bridgehead atoms. The van der Waals surface area contributed by atoms with Gasteiger partial charge in [-0.05, 0) is 87.1 Å². The summed E-state index contributed by atoms with van der Waals surface area (Å²) in [6, 6.07) is 30.9. The Balaban J connectivity index is 1.19. The predicted octanol–water partition coefficient (Wildman–Crippen LogP) is 9.22. The first-order valence-electron chi connectivity index (χ1n) is 16.2. The van der Waals surface area contributed by atoms with Crippen molar-refractivity contribution in [3.63, 3.8) is 0 Å². The number of furan rings is 1. The van der Waals surface area contributed by atoms with E-state index in [4.69, 9.17) is 9.25 Å². The monoisotopic (exact) mass is 581 g/mol. The Hall–Kier alpha value is -4.06. The minimum Gasteiger partial charge on any atom is -0.456 e. The second-order valence-electron chi connectivity index (χ2n) is 13.9. The molecule has 6 aromatic rings. The van der Waals surface area contributed by atoms with Crippen molar-refractivity contribution in [2.75, 3.05) is 6.54 Å². The van der Waals surface area contributed by atoms with Crippen LogP contribution in [0.4, 0.5) is 0 Å². The van der Waals surface area contributed by atoms with E-state index in [1.807, 2.05) is 0 Å². The number of nitrogens with one attached hydrogen (secondary N) is 1. The smallest absolute Gasteiger partial charge is 0.135 e. The molecule has 0 amide bonds. The Morgan fingerprint density at radius 2 is 1.50 bits per heavy atom. The molecule has 0 radical (unpaired) electrons. The van der Waals surface area contributed by atoms with Crippen molar-refractivity contribution in [2.24, 2.45) is 11.8 Å². The van der Waals surface area contributed by atoms with Gasteiger partial charge >= 0.3 is 0 Å². The van der Waals surface area contributed by atoms with Crippen LogP contribution < -0.4 is 5.48 Å². The number of hydrogen-bond acceptors (Lipinski definition) is 4. The molecule has 44 heavy (non-hydrogen) atoms. The average molecular weight is 582 g/mol. The second-order valence-corrected chi connectivity index (χ2v) is 13.9. The van der Waals surface area contributed by atoms with Crippen LogP contribution in [0.1, 0.15) is 52.5 Å². The lowest BCUT2D eigenvalue weighted by molar-refractivity contribution is -0.0637. The van der Waals surface area contributed by atoms with Crippen molar-refractivity contribution < 1.29 is 9.25 Å². The van der Waals surface area contributed by atoms with Crippen molar-refractivity contribution in [1.82, 2.24) is 14.9 Å². The average Bonchev–Trinajstić information content (AvgIpc) is 3.73. The first-order valence-corrected chi connectivity index (χ1v) is 16.2. The summed E-state index contributed by atoms with van der Waals surface area (Å²) in [5.41, 5.74) is 11.2. The fraction of sp³-hybridized carbons (Fsp3) is 0.333. The summed E-state index contributed by atoms with van der Waals surface area (Å²) in [6.07, 6.45) is 5.89. The van der Waals surface area contributed by atoms with Crippen LogP contribution in [-0.2, 0) is 10.4 Å². The molecule has 2 fully saturated rings. The maximum Gasteiger partial charge on any atom is 0.135 e. The van der Waals surface area contributed by atoms with E-state index >= 15 is 0 Å². The summed E-state index contributed by atoms with van der Waals surface area (Å²) in [6.45, 7) is 10.6. The molecule has 3 aliphatic rings. The summed E-state index contributed by atoms with van der Waals surface area (Å²) in [4.78, 5) is 9.35. The lowest BCUT2D eigenvalue weighted by Gasteiger charge is -2.44. The van der Waals surface area contributed by atoms with E-state index in [1.165, 1.54) is 39.5 Å². The van der Waals surface area contributed by atoms with Crippen LogP contribution >= 0.6 is 0 Å². The van der Waals surface area contributed by atoms with E-state index < -0.39 is 5.60 Å². The first kappa shape index (κ1) is 26.4. The van der Waals surface area contributed by atoms with Crippen LogP contribution in [0, 0.1) is 11.8 Å². The van der Waals surface area contributed by atoms with Crippen LogP contribution in [0.3, 0.4) is 0 Å². The molecule has 9 rings (SSSR count). The van der Waals surface area contributed by atoms with E-state index in [0.29, 0.717) is 12.0 Å². The van der Waals surface area contributed by atoms with Crippen LogP contribution in [0.15, 0.2) is 101 Å². The quantitative estimate of drug-likeness (QED) is 0.226. The lowest BCUT2D eigenvalue weighted by atomic mass is 9.76. The molecule has 0 spiro atoms. The van der Waals surface area contributed by atoms with E-state index in [-0.39, 0.29) is 11.5 Å². The molecule has 0 aliphatic carbocycles. The molecular formula is C39H39N3O2. The van der Waals surface area contributed by atoms with Gasteiger partial charge in [-0.15, -0.1) is 0 Å². The Morgan fingerprint density at radius 3 is 2.23 bits per heavy atom. The Bertz CT molecular complexity index is 2080. The molecule has 222 valence electrons. The van der Waals surface area contributed by atoms with Gasteiger partial charge in [0, 0.05) is 51.1 Å². The second kappa shape index (κ2) is 9.23. The summed E-state index contributed by atoms with van der Waals surface area (Å²) in [5.74, 6) is 0.820. The SMILES string of the molecule is CC(C)C1(C)CC=C2C3C(CCCN21)NOC3(C)c1ccc2oc3ccc(-n4c5ccccc5c5ccccc54)cc3c2c1. The highest BCUT2D eigenvalue weighted by atomic mass is 16.7. The zero-order valence-electron chi connectivity index (χ0n) is 25.9. The molecule has 5 heteroatoms. The zero-order valence-corrected chi connectivity index (χ0v) is 25.9. The summed E-state index contributed by atoms with van der Waals surface area (Å²) in [7, 11) is 0. The number of rotatable bonds is 3. The maximum absolute atomic E-state index is 6.63. The third kappa shape index (κ3) is 3.48. The number of nitrogens with zero attached hydrogens (tertiary/aromatic N) is 2. The largest absolute Gasteiger partial charge is 0.456 e. The zero-order chi connectivity index (χ0) is 29.8. The van der Waals surface area contributed by atoms with Crippen molar-refractivity contribution in [1.29, 1.82) is 0 Å². The summed E-state index contributed by atoms with van der Waals surface area (Å²) < 4.78 is 8.79. The molecule has 2 saturated heterocycles. The van der Waals surface area contributed by atoms with E-state index in [2.05, 4.69) is 134 Å². The van der Waals surface area contributed by atoms with E-state index in [1.54, 1.807) is 0 Å². The highest BCUT2D eigenvalue weighted by molar-refractivity contribution is 6.10. The Morgan fingerprint density at radius 1 is 0.818 bits per heavy atom. The molecular weight excluding hydrogens is 542 g/mol. The van der Waals surface area contributed by atoms with Gasteiger partial charge in [0.25, 0.3) is 0 Å². The molecule has 3 aliphatic heterocycles. The lowest BCUT2D eigenvalue weighted by Crippen LogP contribution is -2.48. The molecule has 1 N–H and O–H groups in total. The Labute approximate surface area is 258 Å². The van der Waals surface area contributed by atoms with Gasteiger partial charge in [-0.3, -0.25) is 4.84 Å². The molecule has 4 aromatic carbocycles. The van der Waals surface area contributed by atoms with Gasteiger partial charge in [-0.25, -0.2) is 0 Å². The van der Waals surface area contributed by atoms with Crippen molar-refractivity contribution in [3.8, 4) is 5.69 Å². The van der Waals surface area contributed by atoms with Crippen LogP contribution in [0.2, 0.25) is 0 Å². The fourth-order valence-electron chi connectivity index (χ4n) is 8.60. The molecule has 0 saturated carbocycles.